The first kappa shape index (κ1) is 8.86. The summed E-state index contributed by atoms with van der Waals surface area (Å²) in [4.78, 5) is 3.49. The van der Waals surface area contributed by atoms with E-state index in [-0.39, 0.29) is 0 Å². The van der Waals surface area contributed by atoms with Gasteiger partial charge in [0, 0.05) is 11.4 Å². The Bertz CT molecular complexity index is 273. The van der Waals surface area contributed by atoms with E-state index in [1.807, 2.05) is 0 Å². The summed E-state index contributed by atoms with van der Waals surface area (Å²) in [5.74, 6) is 0. The van der Waals surface area contributed by atoms with Gasteiger partial charge in [-0.3, -0.25) is 0 Å². The Morgan fingerprint density at radius 3 is 2.54 bits per heavy atom. The van der Waals surface area contributed by atoms with Crippen LogP contribution in [0.4, 0.5) is 0 Å². The van der Waals surface area contributed by atoms with Gasteiger partial charge in [-0.2, -0.15) is 0 Å². The minimum absolute atomic E-state index is 1.25. The molecule has 1 heteroatoms. The average molecular weight is 177 g/mol. The van der Waals surface area contributed by atoms with Gasteiger partial charge in [-0.25, -0.2) is 0 Å². The molecule has 1 N–H and O–H groups in total. The number of aromatic nitrogens is 1. The highest BCUT2D eigenvalue weighted by molar-refractivity contribution is 5.25. The van der Waals surface area contributed by atoms with E-state index in [1.165, 1.54) is 56.3 Å². The van der Waals surface area contributed by atoms with E-state index >= 15 is 0 Å². The first-order valence-electron chi connectivity index (χ1n) is 5.53. The predicted molar refractivity (Wildman–Crippen MR) is 56.0 cm³/mol. The van der Waals surface area contributed by atoms with Crippen molar-refractivity contribution in [3.05, 3.63) is 23.0 Å². The standard InChI is InChI=1S/C12H19N/c1-10-11-7-5-3-2-4-6-8-12(9-11)13-10/h9,13H,2-8H2,1H3. The molecule has 13 heavy (non-hydrogen) atoms. The molecule has 0 aliphatic heterocycles. The molecule has 0 saturated carbocycles. The minimum Gasteiger partial charge on any atom is -0.362 e. The van der Waals surface area contributed by atoms with Crippen molar-refractivity contribution in [2.75, 3.05) is 0 Å². The zero-order valence-electron chi connectivity index (χ0n) is 8.53. The van der Waals surface area contributed by atoms with Crippen molar-refractivity contribution in [2.45, 2.75) is 51.9 Å². The van der Waals surface area contributed by atoms with Gasteiger partial charge in [0.1, 0.15) is 0 Å². The maximum atomic E-state index is 3.49. The summed E-state index contributed by atoms with van der Waals surface area (Å²) in [6, 6.07) is 2.38. The molecular weight excluding hydrogens is 158 g/mol. The SMILES string of the molecule is Cc1[nH]c2cc1CCCCCCC2. The molecule has 0 atom stereocenters. The normalized spacial score (nSPS) is 18.5. The van der Waals surface area contributed by atoms with E-state index in [4.69, 9.17) is 0 Å². The van der Waals surface area contributed by atoms with Crippen molar-refractivity contribution < 1.29 is 0 Å². The van der Waals surface area contributed by atoms with E-state index < -0.39 is 0 Å². The molecule has 0 unspecified atom stereocenters. The van der Waals surface area contributed by atoms with Gasteiger partial charge >= 0.3 is 0 Å². The molecular formula is C12H19N. The molecule has 72 valence electrons. The highest BCUT2D eigenvalue weighted by atomic mass is 14.7. The van der Waals surface area contributed by atoms with Crippen LogP contribution in [0.2, 0.25) is 0 Å². The number of fused-ring (bicyclic) bond motifs is 2. The van der Waals surface area contributed by atoms with Gasteiger partial charge in [-0.15, -0.1) is 0 Å². The average Bonchev–Trinajstić information content (AvgIpc) is 2.45. The largest absolute Gasteiger partial charge is 0.362 e. The van der Waals surface area contributed by atoms with Crippen molar-refractivity contribution in [3.8, 4) is 0 Å². The smallest absolute Gasteiger partial charge is 0.0152 e. The second-order valence-corrected chi connectivity index (χ2v) is 4.21. The van der Waals surface area contributed by atoms with E-state index in [9.17, 15) is 0 Å². The summed E-state index contributed by atoms with van der Waals surface area (Å²) in [5.41, 5.74) is 4.41. The van der Waals surface area contributed by atoms with Crippen molar-refractivity contribution in [3.63, 3.8) is 0 Å². The number of nitrogens with one attached hydrogen (secondary N) is 1. The molecule has 1 aromatic heterocycles. The third-order valence-corrected chi connectivity index (χ3v) is 3.07. The van der Waals surface area contributed by atoms with Crippen LogP contribution in [-0.4, -0.2) is 4.98 Å². The lowest BCUT2D eigenvalue weighted by Gasteiger charge is -2.02. The fraction of sp³-hybridized carbons (Fsp3) is 0.667. The van der Waals surface area contributed by atoms with Gasteiger partial charge in [-0.05, 0) is 44.2 Å². The van der Waals surface area contributed by atoms with Gasteiger partial charge in [-0.1, -0.05) is 19.3 Å². The van der Waals surface area contributed by atoms with E-state index in [1.54, 1.807) is 5.56 Å². The van der Waals surface area contributed by atoms with Crippen LogP contribution >= 0.6 is 0 Å². The lowest BCUT2D eigenvalue weighted by atomic mass is 10.0. The molecule has 1 aromatic rings. The van der Waals surface area contributed by atoms with Gasteiger partial charge in [0.25, 0.3) is 0 Å². The second kappa shape index (κ2) is 3.99. The zero-order valence-corrected chi connectivity index (χ0v) is 8.53. The molecule has 1 nitrogen and oxygen atoms in total. The maximum Gasteiger partial charge on any atom is 0.0152 e. The van der Waals surface area contributed by atoms with Gasteiger partial charge in [0.05, 0.1) is 0 Å². The van der Waals surface area contributed by atoms with Crippen molar-refractivity contribution in [2.24, 2.45) is 0 Å². The summed E-state index contributed by atoms with van der Waals surface area (Å²) >= 11 is 0. The molecule has 0 amide bonds. The lowest BCUT2D eigenvalue weighted by Crippen LogP contribution is -1.89. The highest BCUT2D eigenvalue weighted by Gasteiger charge is 2.06. The molecule has 2 bridgehead atoms. The third kappa shape index (κ3) is 2.15. The number of hydrogen-bond donors (Lipinski definition) is 1. The summed E-state index contributed by atoms with van der Waals surface area (Å²) in [6.07, 6.45) is 9.52. The lowest BCUT2D eigenvalue weighted by molar-refractivity contribution is 0.608. The summed E-state index contributed by atoms with van der Waals surface area (Å²) < 4.78 is 0. The van der Waals surface area contributed by atoms with Crippen LogP contribution in [0.3, 0.4) is 0 Å². The van der Waals surface area contributed by atoms with Crippen LogP contribution in [0, 0.1) is 6.92 Å². The molecule has 0 fully saturated rings. The molecule has 1 aliphatic rings. The van der Waals surface area contributed by atoms with Gasteiger partial charge < -0.3 is 4.98 Å². The first-order chi connectivity index (χ1) is 6.36. The Labute approximate surface area is 80.6 Å². The van der Waals surface area contributed by atoms with Crippen LogP contribution < -0.4 is 0 Å². The molecule has 2 rings (SSSR count). The summed E-state index contributed by atoms with van der Waals surface area (Å²) in [6.45, 7) is 2.21. The minimum atomic E-state index is 1.25. The van der Waals surface area contributed by atoms with Crippen LogP contribution in [0.5, 0.6) is 0 Å². The van der Waals surface area contributed by atoms with Gasteiger partial charge in [0.15, 0.2) is 0 Å². The molecule has 0 radical (unpaired) electrons. The number of aromatic amines is 1. The molecule has 1 aliphatic carbocycles. The maximum absolute atomic E-state index is 3.49. The molecule has 1 heterocycles. The van der Waals surface area contributed by atoms with Crippen LogP contribution in [0.25, 0.3) is 0 Å². The fourth-order valence-electron chi connectivity index (χ4n) is 2.23. The fourth-order valence-corrected chi connectivity index (χ4v) is 2.23. The Balaban J connectivity index is 2.15. The van der Waals surface area contributed by atoms with E-state index in [0.29, 0.717) is 0 Å². The van der Waals surface area contributed by atoms with Gasteiger partial charge in [0.2, 0.25) is 0 Å². The number of rotatable bonds is 0. The Kier molecular flexibility index (Phi) is 2.72. The number of aryl methyl sites for hydroxylation is 3. The first-order valence-corrected chi connectivity index (χ1v) is 5.53. The summed E-state index contributed by atoms with van der Waals surface area (Å²) in [7, 11) is 0. The number of hydrogen-bond acceptors (Lipinski definition) is 0. The van der Waals surface area contributed by atoms with Crippen molar-refractivity contribution in [1.82, 2.24) is 4.98 Å². The van der Waals surface area contributed by atoms with E-state index in [0.717, 1.165) is 0 Å². The summed E-state index contributed by atoms with van der Waals surface area (Å²) in [5, 5.41) is 0. The Morgan fingerprint density at radius 2 is 1.69 bits per heavy atom. The van der Waals surface area contributed by atoms with Crippen LogP contribution in [0.1, 0.15) is 49.1 Å². The highest BCUT2D eigenvalue weighted by Crippen LogP contribution is 2.18. The third-order valence-electron chi connectivity index (χ3n) is 3.07. The second-order valence-electron chi connectivity index (χ2n) is 4.21. The van der Waals surface area contributed by atoms with Crippen molar-refractivity contribution in [1.29, 1.82) is 0 Å². The molecule has 0 saturated heterocycles. The molecule has 0 aromatic carbocycles. The van der Waals surface area contributed by atoms with E-state index in [2.05, 4.69) is 18.0 Å². The Hall–Kier alpha value is -0.720. The zero-order chi connectivity index (χ0) is 9.10. The molecule has 0 spiro atoms. The van der Waals surface area contributed by atoms with Crippen molar-refractivity contribution >= 4 is 0 Å². The quantitative estimate of drug-likeness (QED) is 0.625. The monoisotopic (exact) mass is 177 g/mol. The number of H-pyrrole nitrogens is 1. The topological polar surface area (TPSA) is 15.8 Å². The predicted octanol–water partition coefficient (Wildman–Crippen LogP) is 3.37. The van der Waals surface area contributed by atoms with Crippen LogP contribution in [0.15, 0.2) is 6.07 Å². The Morgan fingerprint density at radius 1 is 1.00 bits per heavy atom. The van der Waals surface area contributed by atoms with Crippen LogP contribution in [-0.2, 0) is 12.8 Å².